The van der Waals surface area contributed by atoms with E-state index in [2.05, 4.69) is 10.0 Å². The van der Waals surface area contributed by atoms with Crippen molar-refractivity contribution in [2.45, 2.75) is 19.4 Å². The van der Waals surface area contributed by atoms with Gasteiger partial charge in [-0.2, -0.15) is 0 Å². The Morgan fingerprint density at radius 1 is 1.50 bits per heavy atom. The number of benzene rings is 1. The van der Waals surface area contributed by atoms with Gasteiger partial charge in [0.2, 0.25) is 0 Å². The van der Waals surface area contributed by atoms with E-state index in [0.29, 0.717) is 17.9 Å². The van der Waals surface area contributed by atoms with E-state index in [1.165, 1.54) is 6.92 Å². The molecule has 0 spiro atoms. The monoisotopic (exact) mass is 237 g/mol. The van der Waals surface area contributed by atoms with Crippen molar-refractivity contribution in [1.29, 1.82) is 0 Å². The highest BCUT2D eigenvalue weighted by molar-refractivity contribution is 6.17. The van der Waals surface area contributed by atoms with Crippen LogP contribution in [0.5, 0.6) is 0 Å². The van der Waals surface area contributed by atoms with Gasteiger partial charge in [0.25, 0.3) is 0 Å². The van der Waals surface area contributed by atoms with Crippen LogP contribution in [0.1, 0.15) is 35.3 Å². The molecule has 0 aliphatic heterocycles. The number of halogens is 1. The van der Waals surface area contributed by atoms with Gasteiger partial charge in [0.05, 0.1) is 6.04 Å². The van der Waals surface area contributed by atoms with Gasteiger partial charge in [-0.25, -0.2) is 0 Å². The first-order chi connectivity index (χ1) is 7.69. The fourth-order valence-corrected chi connectivity index (χ4v) is 1.60. The molecule has 1 aromatic carbocycles. The van der Waals surface area contributed by atoms with E-state index in [4.69, 9.17) is 17.1 Å². The Hall–Kier alpha value is -1.51. The number of carbonyl (C=O) groups is 1. The quantitative estimate of drug-likeness (QED) is 0.252. The SMILES string of the molecule is CC(=O)c1ccc(C(CCCl)N=[N+]=[N-])cc1. The van der Waals surface area contributed by atoms with Gasteiger partial charge in [-0.3, -0.25) is 4.79 Å². The van der Waals surface area contributed by atoms with Gasteiger partial charge in [-0.15, -0.1) is 11.6 Å². The van der Waals surface area contributed by atoms with Crippen LogP contribution in [0, 0.1) is 0 Å². The summed E-state index contributed by atoms with van der Waals surface area (Å²) >= 11 is 5.63. The summed E-state index contributed by atoms with van der Waals surface area (Å²) in [5.41, 5.74) is 9.95. The van der Waals surface area contributed by atoms with Crippen molar-refractivity contribution >= 4 is 17.4 Å². The van der Waals surface area contributed by atoms with Gasteiger partial charge in [0, 0.05) is 16.4 Å². The molecule has 0 saturated carbocycles. The molecule has 0 amide bonds. The van der Waals surface area contributed by atoms with E-state index in [0.717, 1.165) is 5.56 Å². The molecule has 0 radical (unpaired) electrons. The second kappa shape index (κ2) is 6.16. The second-order valence-corrected chi connectivity index (χ2v) is 3.75. The lowest BCUT2D eigenvalue weighted by Crippen LogP contribution is -1.97. The first-order valence-corrected chi connectivity index (χ1v) is 5.43. The Balaban J connectivity index is 2.93. The van der Waals surface area contributed by atoms with Crippen LogP contribution in [0.15, 0.2) is 29.4 Å². The lowest BCUT2D eigenvalue weighted by Gasteiger charge is -2.09. The molecule has 1 unspecified atom stereocenters. The molecule has 0 bridgehead atoms. The summed E-state index contributed by atoms with van der Waals surface area (Å²) in [6, 6.07) is 6.78. The molecule has 0 N–H and O–H groups in total. The van der Waals surface area contributed by atoms with Gasteiger partial charge < -0.3 is 0 Å². The predicted molar refractivity (Wildman–Crippen MR) is 63.7 cm³/mol. The molecular weight excluding hydrogens is 226 g/mol. The first-order valence-electron chi connectivity index (χ1n) is 4.90. The Morgan fingerprint density at radius 2 is 2.12 bits per heavy atom. The van der Waals surface area contributed by atoms with Crippen molar-refractivity contribution in [3.63, 3.8) is 0 Å². The summed E-state index contributed by atoms with van der Waals surface area (Å²) in [5.74, 6) is 0.447. The summed E-state index contributed by atoms with van der Waals surface area (Å²) in [6.45, 7) is 1.51. The zero-order valence-electron chi connectivity index (χ0n) is 8.93. The molecule has 0 fully saturated rings. The molecule has 5 heteroatoms. The molecule has 1 aromatic rings. The fraction of sp³-hybridized carbons (Fsp3) is 0.364. The van der Waals surface area contributed by atoms with Crippen molar-refractivity contribution < 1.29 is 4.79 Å². The zero-order valence-corrected chi connectivity index (χ0v) is 9.68. The molecule has 84 valence electrons. The Morgan fingerprint density at radius 3 is 2.56 bits per heavy atom. The summed E-state index contributed by atoms with van der Waals surface area (Å²) in [5, 5.41) is 3.67. The van der Waals surface area contributed by atoms with Gasteiger partial charge >= 0.3 is 0 Å². The van der Waals surface area contributed by atoms with Crippen molar-refractivity contribution in [3.8, 4) is 0 Å². The third-order valence-corrected chi connectivity index (χ3v) is 2.49. The number of carbonyl (C=O) groups excluding carboxylic acids is 1. The van der Waals surface area contributed by atoms with Crippen LogP contribution < -0.4 is 0 Å². The van der Waals surface area contributed by atoms with Crippen LogP contribution in [0.3, 0.4) is 0 Å². The summed E-state index contributed by atoms with van der Waals surface area (Å²) < 4.78 is 0. The number of nitrogens with zero attached hydrogens (tertiary/aromatic N) is 3. The number of Topliss-reactive ketones (excluding diaryl/α,β-unsaturated/α-hetero) is 1. The minimum Gasteiger partial charge on any atom is -0.295 e. The zero-order chi connectivity index (χ0) is 12.0. The second-order valence-electron chi connectivity index (χ2n) is 3.38. The third-order valence-electron chi connectivity index (χ3n) is 2.28. The van der Waals surface area contributed by atoms with E-state index >= 15 is 0 Å². The van der Waals surface area contributed by atoms with Crippen LogP contribution in [0.4, 0.5) is 0 Å². The number of rotatable bonds is 5. The van der Waals surface area contributed by atoms with E-state index in [1.807, 2.05) is 0 Å². The lowest BCUT2D eigenvalue weighted by molar-refractivity contribution is 0.101. The molecule has 0 heterocycles. The molecular formula is C11H12ClN3O. The Bertz CT molecular complexity index is 410. The van der Waals surface area contributed by atoms with Crippen molar-refractivity contribution in [1.82, 2.24) is 0 Å². The average molecular weight is 238 g/mol. The molecule has 0 aromatic heterocycles. The van der Waals surface area contributed by atoms with Crippen LogP contribution in [0.2, 0.25) is 0 Å². The molecule has 4 nitrogen and oxygen atoms in total. The van der Waals surface area contributed by atoms with E-state index in [9.17, 15) is 4.79 Å². The largest absolute Gasteiger partial charge is 0.295 e. The number of azide groups is 1. The van der Waals surface area contributed by atoms with Gasteiger partial charge in [0.15, 0.2) is 5.78 Å². The summed E-state index contributed by atoms with van der Waals surface area (Å²) in [4.78, 5) is 13.9. The van der Waals surface area contributed by atoms with E-state index in [1.54, 1.807) is 24.3 Å². The normalized spacial score (nSPS) is 11.6. The number of hydrogen-bond donors (Lipinski definition) is 0. The molecule has 16 heavy (non-hydrogen) atoms. The summed E-state index contributed by atoms with van der Waals surface area (Å²) in [7, 11) is 0. The fourth-order valence-electron chi connectivity index (χ4n) is 1.40. The molecule has 0 aliphatic rings. The lowest BCUT2D eigenvalue weighted by atomic mass is 10.0. The highest BCUT2D eigenvalue weighted by Crippen LogP contribution is 2.22. The molecule has 1 atom stereocenters. The number of ketones is 1. The molecule has 1 rings (SSSR count). The van der Waals surface area contributed by atoms with Gasteiger partial charge in [0.1, 0.15) is 0 Å². The van der Waals surface area contributed by atoms with Crippen LogP contribution in [-0.2, 0) is 0 Å². The average Bonchev–Trinajstić information content (AvgIpc) is 2.29. The van der Waals surface area contributed by atoms with Crippen molar-refractivity contribution in [2.24, 2.45) is 5.11 Å². The summed E-state index contributed by atoms with van der Waals surface area (Å²) in [6.07, 6.45) is 0.588. The minimum absolute atomic E-state index is 0.0178. The highest BCUT2D eigenvalue weighted by Gasteiger charge is 2.09. The standard InChI is InChI=1S/C11H12ClN3O/c1-8(16)9-2-4-10(5-3-9)11(6-7-12)14-15-13/h2-5,11H,6-7H2,1H3. The number of alkyl halides is 1. The van der Waals surface area contributed by atoms with Crippen LogP contribution in [-0.4, -0.2) is 11.7 Å². The maximum Gasteiger partial charge on any atom is 0.159 e. The molecule has 0 aliphatic carbocycles. The van der Waals surface area contributed by atoms with Gasteiger partial charge in [-0.05, 0) is 24.4 Å². The number of hydrogen-bond acceptors (Lipinski definition) is 2. The first kappa shape index (κ1) is 12.6. The van der Waals surface area contributed by atoms with Gasteiger partial charge in [-0.1, -0.05) is 29.4 Å². The Labute approximate surface area is 98.9 Å². The third kappa shape index (κ3) is 3.26. The highest BCUT2D eigenvalue weighted by atomic mass is 35.5. The predicted octanol–water partition coefficient (Wildman–Crippen LogP) is 3.87. The maximum absolute atomic E-state index is 11.1. The van der Waals surface area contributed by atoms with Crippen molar-refractivity contribution in [3.05, 3.63) is 45.8 Å². The van der Waals surface area contributed by atoms with E-state index < -0.39 is 0 Å². The van der Waals surface area contributed by atoms with Crippen LogP contribution >= 0.6 is 11.6 Å². The smallest absolute Gasteiger partial charge is 0.159 e. The maximum atomic E-state index is 11.1. The topological polar surface area (TPSA) is 65.8 Å². The Kier molecular flexibility index (Phi) is 4.83. The van der Waals surface area contributed by atoms with Crippen molar-refractivity contribution in [2.75, 3.05) is 5.88 Å². The molecule has 0 saturated heterocycles. The van der Waals surface area contributed by atoms with E-state index in [-0.39, 0.29) is 11.8 Å². The van der Waals surface area contributed by atoms with Crippen LogP contribution in [0.25, 0.3) is 10.4 Å². The minimum atomic E-state index is -0.261.